The number of phenolic OH excluding ortho intramolecular Hbond substituents is 1. The molecule has 0 aromatic heterocycles. The number of nitrogens with two attached hydrogens (primary N) is 1. The van der Waals surface area contributed by atoms with Gasteiger partial charge in [0.2, 0.25) is 0 Å². The minimum absolute atomic E-state index is 0.267. The van der Waals surface area contributed by atoms with Crippen LogP contribution in [0.5, 0.6) is 5.75 Å². The maximum Gasteiger partial charge on any atom is 0.125 e. The van der Waals surface area contributed by atoms with Gasteiger partial charge < -0.3 is 10.8 Å². The highest BCUT2D eigenvalue weighted by Crippen LogP contribution is 2.35. The molecule has 0 aliphatic carbocycles. The van der Waals surface area contributed by atoms with E-state index in [4.69, 9.17) is 5.73 Å². The van der Waals surface area contributed by atoms with Crippen LogP contribution in [0.2, 0.25) is 0 Å². The molecule has 0 saturated heterocycles. The fourth-order valence-corrected chi connectivity index (χ4v) is 2.80. The van der Waals surface area contributed by atoms with Crippen molar-refractivity contribution in [3.8, 4) is 5.75 Å². The lowest BCUT2D eigenvalue weighted by Crippen LogP contribution is -1.96. The van der Waals surface area contributed by atoms with E-state index in [1.54, 1.807) is 6.07 Å². The number of hydrogen-bond acceptors (Lipinski definition) is 2. The molecule has 0 heterocycles. The monoisotopic (exact) mass is 265 g/mol. The molecule has 3 rings (SSSR count). The van der Waals surface area contributed by atoms with Crippen LogP contribution < -0.4 is 5.73 Å². The Morgan fingerprint density at radius 2 is 1.65 bits per heavy atom. The van der Waals surface area contributed by atoms with Gasteiger partial charge in [-0.3, -0.25) is 0 Å². The molecule has 0 saturated carbocycles. The lowest BCUT2D eigenvalue weighted by molar-refractivity contribution is 0.482. The molecule has 3 aromatic rings. The van der Waals surface area contributed by atoms with Crippen LogP contribution in [0, 0.1) is 0 Å². The van der Waals surface area contributed by atoms with Crippen molar-refractivity contribution in [2.24, 2.45) is 0 Å². The quantitative estimate of drug-likeness (QED) is 0.536. The van der Waals surface area contributed by atoms with Gasteiger partial charge in [0.1, 0.15) is 5.75 Å². The second-order valence-electron chi connectivity index (χ2n) is 5.31. The highest BCUT2D eigenvalue weighted by atomic mass is 16.3. The van der Waals surface area contributed by atoms with Gasteiger partial charge in [-0.15, -0.1) is 0 Å². The summed E-state index contributed by atoms with van der Waals surface area (Å²) in [5.74, 6) is 0.267. The number of phenols is 1. The first kappa shape index (κ1) is 12.8. The van der Waals surface area contributed by atoms with E-state index >= 15 is 0 Å². The van der Waals surface area contributed by atoms with Gasteiger partial charge in [0, 0.05) is 17.1 Å². The fourth-order valence-electron chi connectivity index (χ4n) is 2.80. The zero-order valence-corrected chi connectivity index (χ0v) is 11.7. The molecule has 102 valence electrons. The summed E-state index contributed by atoms with van der Waals surface area (Å²) in [6.07, 6.45) is 3.20. The highest BCUT2D eigenvalue weighted by molar-refractivity contribution is 6.04. The summed E-state index contributed by atoms with van der Waals surface area (Å²) in [5.41, 5.74) is 7.96. The number of unbranched alkanes of at least 4 members (excludes halogenated alkanes) is 1. The molecule has 0 radical (unpaired) electrons. The van der Waals surface area contributed by atoms with Crippen molar-refractivity contribution in [3.05, 3.63) is 48.0 Å². The van der Waals surface area contributed by atoms with Crippen molar-refractivity contribution in [3.63, 3.8) is 0 Å². The van der Waals surface area contributed by atoms with Crippen LogP contribution in [0.3, 0.4) is 0 Å². The van der Waals surface area contributed by atoms with E-state index in [2.05, 4.69) is 31.2 Å². The van der Waals surface area contributed by atoms with Gasteiger partial charge in [-0.2, -0.15) is 0 Å². The van der Waals surface area contributed by atoms with Crippen molar-refractivity contribution >= 4 is 27.2 Å². The Morgan fingerprint density at radius 3 is 2.30 bits per heavy atom. The summed E-state index contributed by atoms with van der Waals surface area (Å²) in [6.45, 7) is 2.17. The zero-order chi connectivity index (χ0) is 14.1. The predicted octanol–water partition coefficient (Wildman–Crippen LogP) is 4.62. The van der Waals surface area contributed by atoms with E-state index in [1.807, 2.05) is 12.1 Å². The predicted molar refractivity (Wildman–Crippen MR) is 86.1 cm³/mol. The molecule has 20 heavy (non-hydrogen) atoms. The van der Waals surface area contributed by atoms with Crippen molar-refractivity contribution in [2.45, 2.75) is 26.2 Å². The number of aryl methyl sites for hydroxylation is 1. The van der Waals surface area contributed by atoms with Crippen LogP contribution in [0.15, 0.2) is 42.5 Å². The Morgan fingerprint density at radius 1 is 1.00 bits per heavy atom. The van der Waals surface area contributed by atoms with E-state index in [0.717, 1.165) is 41.0 Å². The van der Waals surface area contributed by atoms with Gasteiger partial charge in [0.25, 0.3) is 0 Å². The Hall–Kier alpha value is -2.22. The molecule has 3 N–H and O–H groups in total. The molecule has 0 fully saturated rings. The second-order valence-corrected chi connectivity index (χ2v) is 5.31. The Bertz CT molecular complexity index is 777. The molecule has 0 unspecified atom stereocenters. The van der Waals surface area contributed by atoms with Crippen molar-refractivity contribution in [2.75, 3.05) is 5.73 Å². The number of aromatic hydroxyl groups is 1. The smallest absolute Gasteiger partial charge is 0.125 e. The first-order valence-corrected chi connectivity index (χ1v) is 7.13. The molecule has 0 bridgehead atoms. The first-order chi connectivity index (χ1) is 9.70. The normalized spacial score (nSPS) is 11.2. The SMILES string of the molecule is CCCCc1c(N)cc(O)c2cc3ccccc3cc12. The third kappa shape index (κ3) is 2.07. The largest absolute Gasteiger partial charge is 0.507 e. The Kier molecular flexibility index (Phi) is 3.23. The number of hydrogen-bond donors (Lipinski definition) is 2. The topological polar surface area (TPSA) is 46.2 Å². The lowest BCUT2D eigenvalue weighted by Gasteiger charge is -2.13. The minimum Gasteiger partial charge on any atom is -0.507 e. The van der Waals surface area contributed by atoms with Crippen LogP contribution in [0.25, 0.3) is 21.5 Å². The van der Waals surface area contributed by atoms with Crippen LogP contribution in [0.1, 0.15) is 25.3 Å². The number of benzene rings is 3. The number of rotatable bonds is 3. The van der Waals surface area contributed by atoms with Gasteiger partial charge in [-0.25, -0.2) is 0 Å². The zero-order valence-electron chi connectivity index (χ0n) is 11.7. The third-order valence-electron chi connectivity index (χ3n) is 3.91. The summed E-state index contributed by atoms with van der Waals surface area (Å²) in [5, 5.41) is 14.5. The molecule has 3 aromatic carbocycles. The van der Waals surface area contributed by atoms with Crippen LogP contribution in [-0.4, -0.2) is 5.11 Å². The summed E-state index contributed by atoms with van der Waals surface area (Å²) < 4.78 is 0. The molecule has 0 spiro atoms. The molecule has 2 nitrogen and oxygen atoms in total. The van der Waals surface area contributed by atoms with E-state index in [1.165, 1.54) is 5.39 Å². The Labute approximate surface area is 118 Å². The van der Waals surface area contributed by atoms with Gasteiger partial charge in [-0.05, 0) is 46.7 Å². The summed E-state index contributed by atoms with van der Waals surface area (Å²) in [7, 11) is 0. The molecule has 2 heteroatoms. The van der Waals surface area contributed by atoms with E-state index in [0.29, 0.717) is 5.69 Å². The Balaban J connectivity index is 2.34. The lowest BCUT2D eigenvalue weighted by atomic mass is 9.95. The first-order valence-electron chi connectivity index (χ1n) is 7.13. The summed E-state index contributed by atoms with van der Waals surface area (Å²) in [4.78, 5) is 0. The second kappa shape index (κ2) is 5.04. The van der Waals surface area contributed by atoms with Gasteiger partial charge in [-0.1, -0.05) is 37.6 Å². The van der Waals surface area contributed by atoms with Gasteiger partial charge in [0.05, 0.1) is 0 Å². The minimum atomic E-state index is 0.267. The number of anilines is 1. The van der Waals surface area contributed by atoms with Crippen molar-refractivity contribution in [1.82, 2.24) is 0 Å². The number of nitrogen functional groups attached to an aromatic ring is 1. The van der Waals surface area contributed by atoms with Gasteiger partial charge in [0.15, 0.2) is 0 Å². The third-order valence-corrected chi connectivity index (χ3v) is 3.91. The standard InChI is InChI=1S/C18H19NO/c1-2-3-8-14-15-9-12-6-4-5-7-13(12)10-16(15)18(20)11-17(14)19/h4-7,9-11,20H,2-3,8,19H2,1H3. The van der Waals surface area contributed by atoms with E-state index < -0.39 is 0 Å². The number of fused-ring (bicyclic) bond motifs is 2. The molecular formula is C18H19NO. The molecule has 0 amide bonds. The van der Waals surface area contributed by atoms with Crippen molar-refractivity contribution in [1.29, 1.82) is 0 Å². The van der Waals surface area contributed by atoms with Gasteiger partial charge >= 0.3 is 0 Å². The molecule has 0 aliphatic heterocycles. The van der Waals surface area contributed by atoms with Crippen molar-refractivity contribution < 1.29 is 5.11 Å². The average Bonchev–Trinajstić information content (AvgIpc) is 2.45. The maximum atomic E-state index is 10.2. The molecule has 0 atom stereocenters. The van der Waals surface area contributed by atoms with E-state index in [-0.39, 0.29) is 5.75 Å². The average molecular weight is 265 g/mol. The molecule has 0 aliphatic rings. The van der Waals surface area contributed by atoms with Crippen LogP contribution >= 0.6 is 0 Å². The summed E-state index contributed by atoms with van der Waals surface area (Å²) in [6, 6.07) is 14.1. The van der Waals surface area contributed by atoms with Crippen LogP contribution in [-0.2, 0) is 6.42 Å². The molecular weight excluding hydrogens is 246 g/mol. The highest BCUT2D eigenvalue weighted by Gasteiger charge is 2.10. The fraction of sp³-hybridized carbons (Fsp3) is 0.222. The summed E-state index contributed by atoms with van der Waals surface area (Å²) >= 11 is 0. The van der Waals surface area contributed by atoms with E-state index in [9.17, 15) is 5.11 Å². The maximum absolute atomic E-state index is 10.2. The van der Waals surface area contributed by atoms with Crippen LogP contribution in [0.4, 0.5) is 5.69 Å².